The fourth-order valence-corrected chi connectivity index (χ4v) is 5.45. The number of H-pyrrole nitrogens is 1. The third kappa shape index (κ3) is 4.82. The number of carbonyl (C=O) groups is 1. The number of imidazole rings is 1. The Labute approximate surface area is 216 Å². The summed E-state index contributed by atoms with van der Waals surface area (Å²) in [7, 11) is 5.25. The highest BCUT2D eigenvalue weighted by molar-refractivity contribution is 6.42. The van der Waals surface area contributed by atoms with Crippen LogP contribution in [0.2, 0.25) is 10.0 Å². The number of fused-ring (bicyclic) bond motifs is 1. The second kappa shape index (κ2) is 9.19. The zero-order chi connectivity index (χ0) is 25.7. The van der Waals surface area contributed by atoms with Gasteiger partial charge in [0.15, 0.2) is 0 Å². The summed E-state index contributed by atoms with van der Waals surface area (Å²) in [5.41, 5.74) is 2.39. The van der Waals surface area contributed by atoms with Gasteiger partial charge in [0, 0.05) is 17.1 Å². The monoisotopic (exact) mass is 518 g/mol. The van der Waals surface area contributed by atoms with E-state index in [-0.39, 0.29) is 23.0 Å². The van der Waals surface area contributed by atoms with Gasteiger partial charge in [-0.05, 0) is 71.8 Å². The molecule has 7 nitrogen and oxygen atoms in total. The van der Waals surface area contributed by atoms with Crippen molar-refractivity contribution in [2.24, 2.45) is 0 Å². The Balaban J connectivity index is 1.68. The molecular formula is C26H32Cl2N4O3. The molecule has 0 spiro atoms. The maximum absolute atomic E-state index is 13.4. The van der Waals surface area contributed by atoms with Crippen LogP contribution in [-0.4, -0.2) is 59.2 Å². The Kier molecular flexibility index (Phi) is 6.72. The number of carbonyl (C=O) groups excluding carboxylic acids is 1. The molecule has 9 heteroatoms. The number of hydrogen-bond acceptors (Lipinski definition) is 5. The molecule has 2 aromatic carbocycles. The number of methoxy groups -OCH3 is 2. The first-order valence-corrected chi connectivity index (χ1v) is 12.3. The first-order valence-electron chi connectivity index (χ1n) is 11.5. The van der Waals surface area contributed by atoms with Crippen LogP contribution in [0.1, 0.15) is 50.9 Å². The summed E-state index contributed by atoms with van der Waals surface area (Å²) in [5.74, 6) is 1.28. The van der Waals surface area contributed by atoms with Crippen LogP contribution in [0.25, 0.3) is 22.4 Å². The molecule has 4 rings (SSSR count). The van der Waals surface area contributed by atoms with Gasteiger partial charge in [-0.2, -0.15) is 0 Å². The molecule has 0 bridgehead atoms. The molecule has 35 heavy (non-hydrogen) atoms. The molecule has 1 aliphatic rings. The van der Waals surface area contributed by atoms with Gasteiger partial charge in [0.25, 0.3) is 5.91 Å². The molecule has 1 saturated heterocycles. The van der Waals surface area contributed by atoms with Gasteiger partial charge in [0.05, 0.1) is 46.4 Å². The lowest BCUT2D eigenvalue weighted by Gasteiger charge is -2.53. The number of rotatable bonds is 5. The van der Waals surface area contributed by atoms with E-state index in [0.29, 0.717) is 44.0 Å². The van der Waals surface area contributed by atoms with Gasteiger partial charge >= 0.3 is 0 Å². The lowest BCUT2D eigenvalue weighted by molar-refractivity contribution is -0.0169. The van der Waals surface area contributed by atoms with Crippen LogP contribution in [-0.2, 0) is 0 Å². The minimum atomic E-state index is -0.198. The summed E-state index contributed by atoms with van der Waals surface area (Å²) in [4.78, 5) is 23.7. The topological polar surface area (TPSA) is 79.5 Å². The molecule has 2 heterocycles. The van der Waals surface area contributed by atoms with Crippen LogP contribution in [0.5, 0.6) is 11.5 Å². The van der Waals surface area contributed by atoms with Gasteiger partial charge < -0.3 is 19.8 Å². The first kappa shape index (κ1) is 25.6. The molecule has 1 aromatic heterocycles. The largest absolute Gasteiger partial charge is 0.496 e. The van der Waals surface area contributed by atoms with Gasteiger partial charge in [-0.1, -0.05) is 23.2 Å². The van der Waals surface area contributed by atoms with Crippen molar-refractivity contribution in [1.82, 2.24) is 20.2 Å². The Morgan fingerprint density at radius 3 is 2.23 bits per heavy atom. The molecule has 0 radical (unpaired) electrons. The predicted molar refractivity (Wildman–Crippen MR) is 141 cm³/mol. The van der Waals surface area contributed by atoms with E-state index >= 15 is 0 Å². The van der Waals surface area contributed by atoms with E-state index in [4.69, 9.17) is 32.7 Å². The highest BCUT2D eigenvalue weighted by atomic mass is 35.5. The first-order chi connectivity index (χ1) is 16.4. The van der Waals surface area contributed by atoms with E-state index in [0.717, 1.165) is 18.4 Å². The average Bonchev–Trinajstić information content (AvgIpc) is 3.18. The Morgan fingerprint density at radius 2 is 1.63 bits per heavy atom. The van der Waals surface area contributed by atoms with Gasteiger partial charge in [-0.25, -0.2) is 4.98 Å². The summed E-state index contributed by atoms with van der Waals surface area (Å²) in [6.07, 6.45) is 1.70. The van der Waals surface area contributed by atoms with Gasteiger partial charge in [-0.3, -0.25) is 9.69 Å². The number of halogens is 2. The van der Waals surface area contributed by atoms with Crippen LogP contribution in [0.3, 0.4) is 0 Å². The number of likely N-dealkylation sites (tertiary alicyclic amines) is 1. The number of amides is 1. The Bertz CT molecular complexity index is 1230. The van der Waals surface area contributed by atoms with E-state index < -0.39 is 0 Å². The molecule has 1 amide bonds. The summed E-state index contributed by atoms with van der Waals surface area (Å²) in [6, 6.07) is 6.92. The third-order valence-corrected chi connectivity index (χ3v) is 7.91. The zero-order valence-electron chi connectivity index (χ0n) is 21.2. The van der Waals surface area contributed by atoms with Crippen LogP contribution in [0.15, 0.2) is 24.3 Å². The maximum atomic E-state index is 13.4. The highest BCUT2D eigenvalue weighted by Crippen LogP contribution is 2.39. The smallest absolute Gasteiger partial charge is 0.255 e. The van der Waals surface area contributed by atoms with Crippen molar-refractivity contribution in [1.29, 1.82) is 0 Å². The number of hydrogen-bond donors (Lipinski definition) is 2. The second-order valence-electron chi connectivity index (χ2n) is 10.4. The number of aromatic nitrogens is 2. The Hall–Kier alpha value is -2.48. The summed E-state index contributed by atoms with van der Waals surface area (Å²) >= 11 is 12.3. The van der Waals surface area contributed by atoms with E-state index in [9.17, 15) is 4.79 Å². The van der Waals surface area contributed by atoms with Crippen LogP contribution in [0.4, 0.5) is 0 Å². The van der Waals surface area contributed by atoms with Crippen LogP contribution >= 0.6 is 23.2 Å². The van der Waals surface area contributed by atoms with Gasteiger partial charge in [0.1, 0.15) is 17.3 Å². The summed E-state index contributed by atoms with van der Waals surface area (Å²) < 4.78 is 11.3. The molecule has 1 fully saturated rings. The van der Waals surface area contributed by atoms with E-state index in [1.807, 2.05) is 0 Å². The number of nitrogens with one attached hydrogen (secondary N) is 2. The molecule has 1 aliphatic heterocycles. The molecule has 0 atom stereocenters. The number of nitrogens with zero attached hydrogens (tertiary/aromatic N) is 2. The van der Waals surface area contributed by atoms with Crippen molar-refractivity contribution in [3.05, 3.63) is 39.9 Å². The fraction of sp³-hybridized carbons (Fsp3) is 0.462. The molecule has 0 unspecified atom stereocenters. The minimum Gasteiger partial charge on any atom is -0.496 e. The van der Waals surface area contributed by atoms with Gasteiger partial charge in [-0.15, -0.1) is 0 Å². The normalized spacial score (nSPS) is 18.0. The van der Waals surface area contributed by atoms with Crippen LogP contribution in [0, 0.1) is 0 Å². The lowest BCUT2D eigenvalue weighted by atomic mass is 9.77. The van der Waals surface area contributed by atoms with Crippen molar-refractivity contribution < 1.29 is 14.3 Å². The molecule has 0 aliphatic carbocycles. The quantitative estimate of drug-likeness (QED) is 0.437. The van der Waals surface area contributed by atoms with E-state index in [1.165, 1.54) is 0 Å². The predicted octanol–water partition coefficient (Wildman–Crippen LogP) is 5.94. The Morgan fingerprint density at radius 1 is 1.03 bits per heavy atom. The molecule has 0 saturated carbocycles. The average molecular weight is 519 g/mol. The number of aromatic amines is 1. The maximum Gasteiger partial charge on any atom is 0.255 e. The number of ether oxygens (including phenoxy) is 2. The van der Waals surface area contributed by atoms with Crippen molar-refractivity contribution in [2.75, 3.05) is 21.3 Å². The van der Waals surface area contributed by atoms with E-state index in [2.05, 4.69) is 54.9 Å². The van der Waals surface area contributed by atoms with Crippen molar-refractivity contribution in [2.45, 2.75) is 57.7 Å². The number of piperidine rings is 1. The zero-order valence-corrected chi connectivity index (χ0v) is 22.7. The number of benzene rings is 2. The minimum absolute atomic E-state index is 0.0314. The standard InChI is InChI=1S/C26H32Cl2N4O3/c1-25(2)12-14(13-26(3,4)32(25)5)29-24(33)16-9-21(34-6)15(8-22(16)35-7)23-30-19-10-17(27)18(28)11-20(19)31-23/h8-11,14H,12-13H2,1-7H3,(H,29,33)(H,30,31). The highest BCUT2D eigenvalue weighted by Gasteiger charge is 2.43. The van der Waals surface area contributed by atoms with Crippen molar-refractivity contribution in [3.8, 4) is 22.9 Å². The SMILES string of the molecule is COc1cc(-c2nc3cc(Cl)c(Cl)cc3[nH]2)c(OC)cc1C(=O)NC1CC(C)(C)N(C)C(C)(C)C1. The molecule has 188 valence electrons. The van der Waals surface area contributed by atoms with Crippen LogP contribution < -0.4 is 14.8 Å². The van der Waals surface area contributed by atoms with Gasteiger partial charge in [0.2, 0.25) is 0 Å². The fourth-order valence-electron chi connectivity index (χ4n) is 5.13. The molecule has 2 N–H and O–H groups in total. The molecule has 3 aromatic rings. The third-order valence-electron chi connectivity index (χ3n) is 7.19. The van der Waals surface area contributed by atoms with E-state index in [1.54, 1.807) is 38.5 Å². The second-order valence-corrected chi connectivity index (χ2v) is 11.2. The lowest BCUT2D eigenvalue weighted by Crippen LogP contribution is -2.62. The summed E-state index contributed by atoms with van der Waals surface area (Å²) in [5, 5.41) is 4.09. The van der Waals surface area contributed by atoms with Crippen molar-refractivity contribution in [3.63, 3.8) is 0 Å². The summed E-state index contributed by atoms with van der Waals surface area (Å²) in [6.45, 7) is 8.83. The molecular weight excluding hydrogens is 487 g/mol. The van der Waals surface area contributed by atoms with Crippen molar-refractivity contribution >= 4 is 40.1 Å².